The normalized spacial score (nSPS) is 10.9. The average molecular weight is 418 g/mol. The quantitative estimate of drug-likeness (QED) is 0.550. The molecule has 0 aliphatic carbocycles. The number of benzene rings is 2. The first-order valence-electron chi connectivity index (χ1n) is 8.91. The maximum absolute atomic E-state index is 10.7. The first kappa shape index (κ1) is 26.3. The zero-order chi connectivity index (χ0) is 23.3. The van der Waals surface area contributed by atoms with Crippen LogP contribution in [0.2, 0.25) is 0 Å². The van der Waals surface area contributed by atoms with E-state index >= 15 is 0 Å². The molecule has 30 heavy (non-hydrogen) atoms. The fourth-order valence-electron chi connectivity index (χ4n) is 1.89. The highest BCUT2D eigenvalue weighted by Gasteiger charge is 2.34. The minimum absolute atomic E-state index is 0.112. The summed E-state index contributed by atoms with van der Waals surface area (Å²) in [6, 6.07) is 16.6. The summed E-state index contributed by atoms with van der Waals surface area (Å²) in [7, 11) is 0. The SMILES string of the molecule is CC(CC(=O)O)C(C)(C)C(=O)O.O=C(O)c1ccccc1.O=C(O)c1ccccc1. The van der Waals surface area contributed by atoms with Crippen LogP contribution in [0.15, 0.2) is 60.7 Å². The second-order valence-corrected chi connectivity index (χ2v) is 6.87. The lowest BCUT2D eigenvalue weighted by molar-refractivity contribution is -0.151. The van der Waals surface area contributed by atoms with Gasteiger partial charge in [0.15, 0.2) is 0 Å². The van der Waals surface area contributed by atoms with Crippen molar-refractivity contribution in [1.82, 2.24) is 0 Å². The van der Waals surface area contributed by atoms with Gasteiger partial charge < -0.3 is 20.4 Å². The Morgan fingerprint density at radius 3 is 1.27 bits per heavy atom. The van der Waals surface area contributed by atoms with E-state index < -0.39 is 29.3 Å². The third kappa shape index (κ3) is 10.0. The van der Waals surface area contributed by atoms with E-state index in [1.54, 1.807) is 67.6 Å². The average Bonchev–Trinajstić information content (AvgIpc) is 2.69. The van der Waals surface area contributed by atoms with Crippen LogP contribution in [-0.4, -0.2) is 44.3 Å². The van der Waals surface area contributed by atoms with Gasteiger partial charge in [0.05, 0.1) is 16.5 Å². The molecule has 0 fully saturated rings. The summed E-state index contributed by atoms with van der Waals surface area (Å²) in [6.45, 7) is 4.69. The fourth-order valence-corrected chi connectivity index (χ4v) is 1.89. The van der Waals surface area contributed by atoms with Gasteiger partial charge in [-0.1, -0.05) is 43.3 Å². The summed E-state index contributed by atoms with van der Waals surface area (Å²) in [5.41, 5.74) is -0.312. The van der Waals surface area contributed by atoms with E-state index in [1.807, 2.05) is 0 Å². The smallest absolute Gasteiger partial charge is 0.335 e. The van der Waals surface area contributed by atoms with Crippen LogP contribution in [0.4, 0.5) is 0 Å². The molecular weight excluding hydrogens is 392 g/mol. The van der Waals surface area contributed by atoms with Crippen molar-refractivity contribution >= 4 is 23.9 Å². The van der Waals surface area contributed by atoms with Gasteiger partial charge in [0.25, 0.3) is 0 Å². The Morgan fingerprint density at radius 1 is 0.733 bits per heavy atom. The molecule has 0 heterocycles. The van der Waals surface area contributed by atoms with E-state index in [0.717, 1.165) is 0 Å². The van der Waals surface area contributed by atoms with E-state index in [4.69, 9.17) is 20.4 Å². The molecule has 0 radical (unpaired) electrons. The third-order valence-electron chi connectivity index (χ3n) is 4.31. The minimum atomic E-state index is -0.974. The van der Waals surface area contributed by atoms with Crippen molar-refractivity contribution in [3.63, 3.8) is 0 Å². The Morgan fingerprint density at radius 2 is 1.07 bits per heavy atom. The molecule has 0 aliphatic heterocycles. The Kier molecular flexibility index (Phi) is 11.2. The standard InChI is InChI=1S/C8H14O4.2C7H6O2/c1-5(4-6(9)10)8(2,3)7(11)12;2*8-7(9)6-4-2-1-3-5-6/h5H,4H2,1-3H3,(H,9,10)(H,11,12);2*1-5H,(H,8,9). The highest BCUT2D eigenvalue weighted by atomic mass is 16.4. The van der Waals surface area contributed by atoms with Crippen molar-refractivity contribution < 1.29 is 39.6 Å². The number of carboxylic acids is 4. The molecule has 0 aliphatic rings. The lowest BCUT2D eigenvalue weighted by Gasteiger charge is -2.25. The second-order valence-electron chi connectivity index (χ2n) is 6.87. The minimum Gasteiger partial charge on any atom is -0.481 e. The Balaban J connectivity index is 0.000000426. The maximum Gasteiger partial charge on any atom is 0.335 e. The molecule has 162 valence electrons. The summed E-state index contributed by atoms with van der Waals surface area (Å²) in [5.74, 6) is -4.05. The molecule has 2 aromatic carbocycles. The topological polar surface area (TPSA) is 149 Å². The van der Waals surface area contributed by atoms with Crippen LogP contribution in [0.3, 0.4) is 0 Å². The Hall–Kier alpha value is -3.68. The van der Waals surface area contributed by atoms with Gasteiger partial charge in [-0.3, -0.25) is 9.59 Å². The number of rotatable bonds is 6. The first-order chi connectivity index (χ1) is 13.9. The van der Waals surface area contributed by atoms with Crippen LogP contribution in [0.5, 0.6) is 0 Å². The van der Waals surface area contributed by atoms with E-state index in [-0.39, 0.29) is 12.3 Å². The number of hydrogen-bond acceptors (Lipinski definition) is 4. The Labute approximate surface area is 174 Å². The summed E-state index contributed by atoms with van der Waals surface area (Å²) in [5, 5.41) is 33.9. The molecule has 4 N–H and O–H groups in total. The number of hydrogen-bond donors (Lipinski definition) is 4. The molecule has 2 aromatic rings. The van der Waals surface area contributed by atoms with Crippen molar-refractivity contribution in [2.75, 3.05) is 0 Å². The van der Waals surface area contributed by atoms with E-state index in [1.165, 1.54) is 13.8 Å². The van der Waals surface area contributed by atoms with Crippen LogP contribution in [0.25, 0.3) is 0 Å². The molecule has 0 saturated carbocycles. The third-order valence-corrected chi connectivity index (χ3v) is 4.31. The molecule has 8 nitrogen and oxygen atoms in total. The largest absolute Gasteiger partial charge is 0.481 e. The molecule has 8 heteroatoms. The second kappa shape index (κ2) is 12.7. The molecule has 0 amide bonds. The maximum atomic E-state index is 10.7. The van der Waals surface area contributed by atoms with Crippen LogP contribution in [0, 0.1) is 11.3 Å². The summed E-state index contributed by atoms with van der Waals surface area (Å²) < 4.78 is 0. The highest BCUT2D eigenvalue weighted by Crippen LogP contribution is 2.29. The van der Waals surface area contributed by atoms with Crippen molar-refractivity contribution in [2.24, 2.45) is 11.3 Å². The fraction of sp³-hybridized carbons (Fsp3) is 0.273. The van der Waals surface area contributed by atoms with Gasteiger partial charge in [0.1, 0.15) is 0 Å². The number of aromatic carboxylic acids is 2. The van der Waals surface area contributed by atoms with Gasteiger partial charge in [-0.2, -0.15) is 0 Å². The predicted octanol–water partition coefficient (Wildman–Crippen LogP) is 3.98. The predicted molar refractivity (Wildman–Crippen MR) is 110 cm³/mol. The van der Waals surface area contributed by atoms with Gasteiger partial charge in [0, 0.05) is 6.42 Å². The molecule has 1 unspecified atom stereocenters. The van der Waals surface area contributed by atoms with E-state index in [2.05, 4.69) is 0 Å². The van der Waals surface area contributed by atoms with Crippen molar-refractivity contribution in [3.8, 4) is 0 Å². The molecule has 0 bridgehead atoms. The van der Waals surface area contributed by atoms with Gasteiger partial charge in [-0.25, -0.2) is 9.59 Å². The lowest BCUT2D eigenvalue weighted by Crippen LogP contribution is -2.32. The molecular formula is C22H26O8. The zero-order valence-electron chi connectivity index (χ0n) is 17.0. The van der Waals surface area contributed by atoms with Gasteiger partial charge in [0.2, 0.25) is 0 Å². The van der Waals surface area contributed by atoms with Crippen LogP contribution < -0.4 is 0 Å². The number of carboxylic acid groups (broad SMARTS) is 4. The Bertz CT molecular complexity index is 779. The van der Waals surface area contributed by atoms with Crippen molar-refractivity contribution in [2.45, 2.75) is 27.2 Å². The van der Waals surface area contributed by atoms with E-state index in [0.29, 0.717) is 11.1 Å². The van der Waals surface area contributed by atoms with Gasteiger partial charge in [-0.05, 0) is 44.0 Å². The van der Waals surface area contributed by atoms with Crippen LogP contribution >= 0.6 is 0 Å². The van der Waals surface area contributed by atoms with Crippen molar-refractivity contribution in [1.29, 1.82) is 0 Å². The molecule has 0 saturated heterocycles. The molecule has 0 spiro atoms. The summed E-state index contributed by atoms with van der Waals surface area (Å²) in [6.07, 6.45) is -0.112. The number of aliphatic carboxylic acids is 2. The van der Waals surface area contributed by atoms with E-state index in [9.17, 15) is 19.2 Å². The van der Waals surface area contributed by atoms with Crippen molar-refractivity contribution in [3.05, 3.63) is 71.8 Å². The van der Waals surface area contributed by atoms with Crippen LogP contribution in [-0.2, 0) is 9.59 Å². The monoisotopic (exact) mass is 418 g/mol. The number of carbonyl (C=O) groups is 4. The molecule has 1 atom stereocenters. The van der Waals surface area contributed by atoms with Crippen LogP contribution in [0.1, 0.15) is 47.9 Å². The first-order valence-corrected chi connectivity index (χ1v) is 8.91. The van der Waals surface area contributed by atoms with Gasteiger partial charge >= 0.3 is 23.9 Å². The van der Waals surface area contributed by atoms with Gasteiger partial charge in [-0.15, -0.1) is 0 Å². The zero-order valence-corrected chi connectivity index (χ0v) is 17.0. The molecule has 0 aromatic heterocycles. The lowest BCUT2D eigenvalue weighted by atomic mass is 9.78. The summed E-state index contributed by atoms with van der Waals surface area (Å²) >= 11 is 0. The molecule has 2 rings (SSSR count). The highest BCUT2D eigenvalue weighted by molar-refractivity contribution is 5.87. The summed E-state index contributed by atoms with van der Waals surface area (Å²) in [4.78, 5) is 41.3.